The average molecular weight is 318 g/mol. The standard InChI is InChI=1S/C17H22N2O4/c1-17(2,3)23-16(22)19-13(9-10-14(19)20)15(21)18-11-12-7-5-4-6-8-12/h4-8,13H,9-11H2,1-3H3,(H,18,21)/t13-/m0/s1. The predicted octanol–water partition coefficient (Wildman–Crippen LogP) is 2.23. The summed E-state index contributed by atoms with van der Waals surface area (Å²) in [5.74, 6) is -0.718. The number of nitrogens with one attached hydrogen (secondary N) is 1. The molecular formula is C17H22N2O4. The lowest BCUT2D eigenvalue weighted by Crippen LogP contribution is -2.49. The smallest absolute Gasteiger partial charge is 0.417 e. The number of likely N-dealkylation sites (tertiary alicyclic amines) is 1. The molecule has 0 unspecified atom stereocenters. The molecule has 2 rings (SSSR count). The quantitative estimate of drug-likeness (QED) is 0.927. The van der Waals surface area contributed by atoms with Crippen molar-refractivity contribution in [2.24, 2.45) is 0 Å². The number of ether oxygens (including phenoxy) is 1. The number of rotatable bonds is 3. The number of nitrogens with zero attached hydrogens (tertiary/aromatic N) is 1. The first kappa shape index (κ1) is 17.0. The van der Waals surface area contributed by atoms with Crippen LogP contribution in [0.15, 0.2) is 30.3 Å². The predicted molar refractivity (Wildman–Crippen MR) is 84.4 cm³/mol. The summed E-state index contributed by atoms with van der Waals surface area (Å²) in [6, 6.07) is 8.64. The highest BCUT2D eigenvalue weighted by Gasteiger charge is 2.42. The molecular weight excluding hydrogens is 296 g/mol. The second kappa shape index (κ2) is 6.81. The zero-order chi connectivity index (χ0) is 17.0. The van der Waals surface area contributed by atoms with E-state index in [0.717, 1.165) is 10.5 Å². The molecule has 1 fully saturated rings. The molecule has 124 valence electrons. The Morgan fingerprint density at radius 1 is 1.26 bits per heavy atom. The Morgan fingerprint density at radius 3 is 2.52 bits per heavy atom. The summed E-state index contributed by atoms with van der Waals surface area (Å²) in [6.07, 6.45) is -0.277. The van der Waals surface area contributed by atoms with Crippen LogP contribution in [0, 0.1) is 0 Å². The van der Waals surface area contributed by atoms with Gasteiger partial charge in [-0.3, -0.25) is 9.59 Å². The van der Waals surface area contributed by atoms with Crippen LogP contribution >= 0.6 is 0 Å². The van der Waals surface area contributed by atoms with Gasteiger partial charge in [-0.25, -0.2) is 9.69 Å². The van der Waals surface area contributed by atoms with E-state index >= 15 is 0 Å². The van der Waals surface area contributed by atoms with Crippen LogP contribution in [0.1, 0.15) is 39.2 Å². The maximum atomic E-state index is 12.3. The van der Waals surface area contributed by atoms with E-state index in [2.05, 4.69) is 5.32 Å². The number of amides is 3. The minimum absolute atomic E-state index is 0.169. The summed E-state index contributed by atoms with van der Waals surface area (Å²) in [6.45, 7) is 5.51. The zero-order valence-electron chi connectivity index (χ0n) is 13.7. The molecule has 0 aliphatic carbocycles. The SMILES string of the molecule is CC(C)(C)OC(=O)N1C(=O)CC[C@H]1C(=O)NCc1ccccc1. The zero-order valence-corrected chi connectivity index (χ0v) is 13.7. The van der Waals surface area contributed by atoms with Gasteiger partial charge in [0.1, 0.15) is 11.6 Å². The van der Waals surface area contributed by atoms with Crippen LogP contribution < -0.4 is 5.32 Å². The summed E-state index contributed by atoms with van der Waals surface area (Å²) in [5.41, 5.74) is 0.236. The molecule has 3 amide bonds. The third-order valence-electron chi connectivity index (χ3n) is 3.41. The Labute approximate surface area is 135 Å². The lowest BCUT2D eigenvalue weighted by Gasteiger charge is -2.26. The number of carbonyl (C=O) groups is 3. The Kier molecular flexibility index (Phi) is 5.03. The highest BCUT2D eigenvalue weighted by atomic mass is 16.6. The maximum Gasteiger partial charge on any atom is 0.417 e. The fraction of sp³-hybridized carbons (Fsp3) is 0.471. The molecule has 0 bridgehead atoms. The van der Waals surface area contributed by atoms with Crippen LogP contribution in [0.3, 0.4) is 0 Å². The van der Waals surface area contributed by atoms with Crippen molar-refractivity contribution in [1.29, 1.82) is 0 Å². The van der Waals surface area contributed by atoms with Gasteiger partial charge in [0, 0.05) is 13.0 Å². The summed E-state index contributed by atoms with van der Waals surface area (Å²) in [4.78, 5) is 37.4. The van der Waals surface area contributed by atoms with E-state index in [1.54, 1.807) is 20.8 Å². The van der Waals surface area contributed by atoms with Gasteiger partial charge in [0.05, 0.1) is 0 Å². The number of hydrogen-bond acceptors (Lipinski definition) is 4. The van der Waals surface area contributed by atoms with Gasteiger partial charge in [-0.15, -0.1) is 0 Å². The van der Waals surface area contributed by atoms with Crippen LogP contribution in [-0.2, 0) is 20.9 Å². The Hall–Kier alpha value is -2.37. The van der Waals surface area contributed by atoms with Crippen molar-refractivity contribution < 1.29 is 19.1 Å². The summed E-state index contributed by atoms with van der Waals surface area (Å²) in [5, 5.41) is 2.77. The monoisotopic (exact) mass is 318 g/mol. The van der Waals surface area contributed by atoms with E-state index < -0.39 is 17.7 Å². The number of benzene rings is 1. The van der Waals surface area contributed by atoms with Gasteiger partial charge >= 0.3 is 6.09 Å². The number of imide groups is 1. The highest BCUT2D eigenvalue weighted by Crippen LogP contribution is 2.22. The molecule has 1 aromatic carbocycles. The first-order chi connectivity index (χ1) is 10.8. The van der Waals surface area contributed by atoms with Gasteiger partial charge in [-0.1, -0.05) is 30.3 Å². The third-order valence-corrected chi connectivity index (χ3v) is 3.41. The molecule has 23 heavy (non-hydrogen) atoms. The minimum Gasteiger partial charge on any atom is -0.443 e. The van der Waals surface area contributed by atoms with Gasteiger partial charge in [-0.05, 0) is 32.8 Å². The van der Waals surface area contributed by atoms with Gasteiger partial charge in [0.2, 0.25) is 11.8 Å². The highest BCUT2D eigenvalue weighted by molar-refractivity contribution is 6.00. The molecule has 1 N–H and O–H groups in total. The molecule has 0 radical (unpaired) electrons. The van der Waals surface area contributed by atoms with E-state index in [0.29, 0.717) is 13.0 Å². The minimum atomic E-state index is -0.805. The lowest BCUT2D eigenvalue weighted by atomic mass is 10.2. The van der Waals surface area contributed by atoms with Crippen molar-refractivity contribution in [3.63, 3.8) is 0 Å². The number of hydrogen-bond donors (Lipinski definition) is 1. The van der Waals surface area contributed by atoms with Gasteiger partial charge in [-0.2, -0.15) is 0 Å². The van der Waals surface area contributed by atoms with E-state index in [-0.39, 0.29) is 18.2 Å². The average Bonchev–Trinajstić information content (AvgIpc) is 2.86. The van der Waals surface area contributed by atoms with E-state index in [1.165, 1.54) is 0 Å². The van der Waals surface area contributed by atoms with Crippen molar-refractivity contribution in [2.45, 2.75) is 51.8 Å². The maximum absolute atomic E-state index is 12.3. The number of carbonyl (C=O) groups excluding carboxylic acids is 3. The van der Waals surface area contributed by atoms with Gasteiger partial charge < -0.3 is 10.1 Å². The molecule has 1 heterocycles. The van der Waals surface area contributed by atoms with Crippen LogP contribution in [-0.4, -0.2) is 34.5 Å². The van der Waals surface area contributed by atoms with Crippen LogP contribution in [0.2, 0.25) is 0 Å². The van der Waals surface area contributed by atoms with E-state index in [1.807, 2.05) is 30.3 Å². The molecule has 1 saturated heterocycles. The van der Waals surface area contributed by atoms with Crippen LogP contribution in [0.4, 0.5) is 4.79 Å². The first-order valence-electron chi connectivity index (χ1n) is 7.64. The second-order valence-electron chi connectivity index (χ2n) is 6.50. The van der Waals surface area contributed by atoms with Crippen molar-refractivity contribution >= 4 is 17.9 Å². The van der Waals surface area contributed by atoms with Gasteiger partial charge in [0.25, 0.3) is 0 Å². The molecule has 1 aliphatic heterocycles. The molecule has 0 spiro atoms. The molecule has 6 nitrogen and oxygen atoms in total. The van der Waals surface area contributed by atoms with Crippen molar-refractivity contribution in [1.82, 2.24) is 10.2 Å². The lowest BCUT2D eigenvalue weighted by molar-refractivity contribution is -0.134. The molecule has 1 atom stereocenters. The first-order valence-corrected chi connectivity index (χ1v) is 7.64. The van der Waals surface area contributed by atoms with Crippen molar-refractivity contribution in [2.75, 3.05) is 0 Å². The second-order valence-corrected chi connectivity index (χ2v) is 6.50. The van der Waals surface area contributed by atoms with Gasteiger partial charge in [0.15, 0.2) is 0 Å². The molecule has 0 saturated carbocycles. The molecule has 0 aromatic heterocycles. The molecule has 6 heteroatoms. The fourth-order valence-corrected chi connectivity index (χ4v) is 2.37. The topological polar surface area (TPSA) is 75.7 Å². The summed E-state index contributed by atoms with van der Waals surface area (Å²) in [7, 11) is 0. The molecule has 1 aliphatic rings. The Bertz CT molecular complexity index is 592. The van der Waals surface area contributed by atoms with Crippen molar-refractivity contribution in [3.05, 3.63) is 35.9 Å². The normalized spacial score (nSPS) is 18.0. The van der Waals surface area contributed by atoms with E-state index in [4.69, 9.17) is 4.74 Å². The van der Waals surface area contributed by atoms with Crippen LogP contribution in [0.25, 0.3) is 0 Å². The van der Waals surface area contributed by atoms with Crippen LogP contribution in [0.5, 0.6) is 0 Å². The third kappa shape index (κ3) is 4.55. The Morgan fingerprint density at radius 2 is 1.91 bits per heavy atom. The Balaban J connectivity index is 2.00. The summed E-state index contributed by atoms with van der Waals surface area (Å²) >= 11 is 0. The summed E-state index contributed by atoms with van der Waals surface area (Å²) < 4.78 is 5.22. The van der Waals surface area contributed by atoms with Crippen molar-refractivity contribution in [3.8, 4) is 0 Å². The fourth-order valence-electron chi connectivity index (χ4n) is 2.37. The molecule has 1 aromatic rings. The largest absolute Gasteiger partial charge is 0.443 e. The van der Waals surface area contributed by atoms with E-state index in [9.17, 15) is 14.4 Å².